The van der Waals surface area contributed by atoms with Crippen molar-refractivity contribution in [3.8, 4) is 0 Å². The number of benzene rings is 1. The van der Waals surface area contributed by atoms with Crippen LogP contribution in [0.25, 0.3) is 0 Å². The minimum absolute atomic E-state index is 0.0914. The molecule has 0 amide bonds. The van der Waals surface area contributed by atoms with Crippen molar-refractivity contribution >= 4 is 18.3 Å². The Balaban J connectivity index is 1.75. The van der Waals surface area contributed by atoms with E-state index < -0.39 is 0 Å². The third kappa shape index (κ3) is 3.62. The molecule has 1 saturated carbocycles. The average Bonchev–Trinajstić information content (AvgIpc) is 3.05. The lowest BCUT2D eigenvalue weighted by Gasteiger charge is -2.39. The van der Waals surface area contributed by atoms with Crippen LogP contribution in [0.15, 0.2) is 12.1 Å². The first-order valence-electron chi connectivity index (χ1n) is 11.9. The summed E-state index contributed by atoms with van der Waals surface area (Å²) in [5, 5.41) is 3.96. The fourth-order valence-electron chi connectivity index (χ4n) is 5.41. The molecule has 30 heavy (non-hydrogen) atoms. The van der Waals surface area contributed by atoms with Crippen molar-refractivity contribution in [3.05, 3.63) is 23.3 Å². The first kappa shape index (κ1) is 22.2. The van der Waals surface area contributed by atoms with Crippen LogP contribution in [0.5, 0.6) is 0 Å². The van der Waals surface area contributed by atoms with Gasteiger partial charge >= 0.3 is 7.12 Å². The van der Waals surface area contributed by atoms with Gasteiger partial charge in [-0.15, -0.1) is 0 Å². The minimum Gasteiger partial charge on any atom is -0.399 e. The summed E-state index contributed by atoms with van der Waals surface area (Å²) in [6.07, 6.45) is 3.83. The van der Waals surface area contributed by atoms with Crippen molar-refractivity contribution in [1.82, 2.24) is 0 Å². The van der Waals surface area contributed by atoms with Crippen LogP contribution in [0.2, 0.25) is 0 Å². The van der Waals surface area contributed by atoms with Crippen molar-refractivity contribution in [2.45, 2.75) is 117 Å². The van der Waals surface area contributed by atoms with E-state index in [4.69, 9.17) is 9.31 Å². The van der Waals surface area contributed by atoms with E-state index in [0.717, 1.165) is 5.92 Å². The van der Waals surface area contributed by atoms with Gasteiger partial charge in [-0.25, -0.2) is 0 Å². The Labute approximate surface area is 184 Å². The quantitative estimate of drug-likeness (QED) is 0.575. The Bertz CT molecular complexity index is 815. The summed E-state index contributed by atoms with van der Waals surface area (Å²) < 4.78 is 13.0. The van der Waals surface area contributed by atoms with Crippen LogP contribution >= 0.6 is 0 Å². The normalized spacial score (nSPS) is 30.1. The molecule has 0 radical (unpaired) electrons. The van der Waals surface area contributed by atoms with E-state index in [-0.39, 0.29) is 23.7 Å². The SMILES string of the molecule is CC(C)(C)c1cc(B2OC(C)(C)C(C)(C)O2)c2c(c1)C1CCC(C(C)(C)C)CC1N2. The van der Waals surface area contributed by atoms with Crippen LogP contribution in [0.4, 0.5) is 5.69 Å². The predicted molar refractivity (Wildman–Crippen MR) is 128 cm³/mol. The highest BCUT2D eigenvalue weighted by Crippen LogP contribution is 2.50. The summed E-state index contributed by atoms with van der Waals surface area (Å²) in [5.74, 6) is 1.37. The molecule has 1 N–H and O–H groups in total. The first-order chi connectivity index (χ1) is 13.6. The topological polar surface area (TPSA) is 30.5 Å². The summed E-state index contributed by atoms with van der Waals surface area (Å²) in [6.45, 7) is 22.7. The highest BCUT2D eigenvalue weighted by molar-refractivity contribution is 6.64. The molecule has 3 unspecified atom stereocenters. The third-order valence-corrected chi connectivity index (χ3v) is 8.38. The van der Waals surface area contributed by atoms with Gasteiger partial charge in [-0.05, 0) is 74.8 Å². The van der Waals surface area contributed by atoms with Gasteiger partial charge in [0.15, 0.2) is 0 Å². The Hall–Kier alpha value is -0.995. The van der Waals surface area contributed by atoms with Crippen LogP contribution in [-0.2, 0) is 14.7 Å². The van der Waals surface area contributed by atoms with Gasteiger partial charge in [0.2, 0.25) is 0 Å². The highest BCUT2D eigenvalue weighted by Gasteiger charge is 2.53. The van der Waals surface area contributed by atoms with Crippen molar-refractivity contribution in [1.29, 1.82) is 0 Å². The lowest BCUT2D eigenvalue weighted by atomic mass is 9.67. The standard InChI is InChI=1S/C26H42BNO2/c1-23(2,3)16-11-12-18-19-13-17(24(4,5)6)14-20(22(19)28-21(18)15-16)27-29-25(7,8)26(9,10)30-27/h13-14,16,18,21,28H,11-12,15H2,1-10H3. The van der Waals surface area contributed by atoms with Crippen molar-refractivity contribution in [2.75, 3.05) is 5.32 Å². The van der Waals surface area contributed by atoms with Crippen LogP contribution in [0.3, 0.4) is 0 Å². The molecule has 4 heteroatoms. The Morgan fingerprint density at radius 3 is 2.07 bits per heavy atom. The summed E-state index contributed by atoms with van der Waals surface area (Å²) in [5.41, 5.74) is 5.15. The second-order valence-corrected chi connectivity index (χ2v) is 13.1. The zero-order chi connectivity index (χ0) is 22.3. The van der Waals surface area contributed by atoms with Crippen LogP contribution < -0.4 is 10.8 Å². The van der Waals surface area contributed by atoms with Crippen molar-refractivity contribution in [2.24, 2.45) is 11.3 Å². The molecule has 1 aliphatic carbocycles. The molecule has 0 bridgehead atoms. The molecule has 3 aliphatic rings. The summed E-state index contributed by atoms with van der Waals surface area (Å²) in [7, 11) is -0.322. The molecule has 0 spiro atoms. The number of anilines is 1. The van der Waals surface area contributed by atoms with Gasteiger partial charge < -0.3 is 14.6 Å². The lowest BCUT2D eigenvalue weighted by Crippen LogP contribution is -2.41. The second-order valence-electron chi connectivity index (χ2n) is 13.1. The maximum Gasteiger partial charge on any atom is 0.496 e. The van der Waals surface area contributed by atoms with E-state index in [1.165, 1.54) is 41.5 Å². The zero-order valence-electron chi connectivity index (χ0n) is 20.9. The monoisotopic (exact) mass is 411 g/mol. The highest BCUT2D eigenvalue weighted by atomic mass is 16.7. The number of nitrogens with one attached hydrogen (secondary N) is 1. The number of rotatable bonds is 1. The van der Waals surface area contributed by atoms with Crippen LogP contribution in [-0.4, -0.2) is 24.4 Å². The lowest BCUT2D eigenvalue weighted by molar-refractivity contribution is 0.00578. The van der Waals surface area contributed by atoms with E-state index in [1.54, 1.807) is 0 Å². The molecule has 2 fully saturated rings. The van der Waals surface area contributed by atoms with E-state index in [2.05, 4.69) is 86.7 Å². The molecule has 1 aromatic carbocycles. The number of hydrogen-bond acceptors (Lipinski definition) is 3. The molecule has 2 heterocycles. The molecule has 4 rings (SSSR count). The van der Waals surface area contributed by atoms with Crippen molar-refractivity contribution < 1.29 is 9.31 Å². The van der Waals surface area contributed by atoms with Gasteiger partial charge in [0.05, 0.1) is 11.2 Å². The van der Waals surface area contributed by atoms with Gasteiger partial charge in [0.25, 0.3) is 0 Å². The second kappa shape index (κ2) is 6.75. The van der Waals surface area contributed by atoms with Crippen molar-refractivity contribution in [3.63, 3.8) is 0 Å². The smallest absolute Gasteiger partial charge is 0.399 e. The molecule has 1 saturated heterocycles. The molecular weight excluding hydrogens is 369 g/mol. The van der Waals surface area contributed by atoms with E-state index >= 15 is 0 Å². The predicted octanol–water partition coefficient (Wildman–Crippen LogP) is 6.01. The molecular formula is C26H42BNO2. The van der Waals surface area contributed by atoms with Gasteiger partial charge in [0, 0.05) is 23.1 Å². The summed E-state index contributed by atoms with van der Waals surface area (Å²) in [6, 6.07) is 5.33. The molecule has 0 aromatic heterocycles. The van der Waals surface area contributed by atoms with Gasteiger partial charge in [-0.3, -0.25) is 0 Å². The number of hydrogen-bond donors (Lipinski definition) is 1. The van der Waals surface area contributed by atoms with E-state index in [1.807, 2.05) is 0 Å². The van der Waals surface area contributed by atoms with Crippen LogP contribution in [0.1, 0.15) is 106 Å². The maximum absolute atomic E-state index is 6.51. The maximum atomic E-state index is 6.51. The first-order valence-corrected chi connectivity index (χ1v) is 11.9. The zero-order valence-corrected chi connectivity index (χ0v) is 20.9. The Morgan fingerprint density at radius 2 is 1.53 bits per heavy atom. The summed E-state index contributed by atoms with van der Waals surface area (Å²) in [4.78, 5) is 0. The molecule has 166 valence electrons. The third-order valence-electron chi connectivity index (χ3n) is 8.38. The van der Waals surface area contributed by atoms with Gasteiger partial charge in [-0.2, -0.15) is 0 Å². The molecule has 3 atom stereocenters. The fourth-order valence-corrected chi connectivity index (χ4v) is 5.41. The summed E-state index contributed by atoms with van der Waals surface area (Å²) >= 11 is 0. The molecule has 3 nitrogen and oxygen atoms in total. The molecule has 1 aromatic rings. The van der Waals surface area contributed by atoms with E-state index in [9.17, 15) is 0 Å². The average molecular weight is 411 g/mol. The molecule has 2 aliphatic heterocycles. The Morgan fingerprint density at radius 1 is 0.933 bits per heavy atom. The minimum atomic E-state index is -0.328. The van der Waals surface area contributed by atoms with Crippen LogP contribution in [0, 0.1) is 11.3 Å². The largest absolute Gasteiger partial charge is 0.496 e. The van der Waals surface area contributed by atoms with Gasteiger partial charge in [0.1, 0.15) is 0 Å². The Kier molecular flexibility index (Phi) is 5.00. The van der Waals surface area contributed by atoms with E-state index in [0.29, 0.717) is 17.4 Å². The van der Waals surface area contributed by atoms with Gasteiger partial charge in [-0.1, -0.05) is 53.7 Å². The number of fused-ring (bicyclic) bond motifs is 3. The fraction of sp³-hybridized carbons (Fsp3) is 0.769.